The van der Waals surface area contributed by atoms with Gasteiger partial charge in [-0.3, -0.25) is 38.4 Å². The van der Waals surface area contributed by atoms with E-state index in [0.29, 0.717) is 72.9 Å². The molecular weight excluding hydrogens is 836 g/mol. The summed E-state index contributed by atoms with van der Waals surface area (Å²) in [5, 5.41) is 13.5. The number of carbonyl (C=O) groups is 3. The van der Waals surface area contributed by atoms with Gasteiger partial charge in [-0.25, -0.2) is 27.5 Å². The van der Waals surface area contributed by atoms with Crippen molar-refractivity contribution in [2.75, 3.05) is 49.6 Å². The number of rotatable bonds is 10. The number of amides is 3. The fourth-order valence-corrected chi connectivity index (χ4v) is 10.2. The molecule has 3 amide bonds. The molecule has 5 atom stereocenters. The Morgan fingerprint density at radius 1 is 1.08 bits per heavy atom. The van der Waals surface area contributed by atoms with E-state index in [1.165, 1.54) is 26.0 Å². The predicted octanol–water partition coefficient (Wildman–Crippen LogP) is 3.94. The topological polar surface area (TPSA) is 175 Å². The number of hydrogen-bond donors (Lipinski definition) is 2. The van der Waals surface area contributed by atoms with Gasteiger partial charge in [0.25, 0.3) is 12.3 Å². The quantitative estimate of drug-likeness (QED) is 0.154. The number of aromatic nitrogens is 7. The monoisotopic (exact) mass is 883 g/mol. The number of para-hydroxylation sites is 1. The number of benzene rings is 1. The number of morpholine rings is 1. The van der Waals surface area contributed by atoms with Crippen molar-refractivity contribution in [1.29, 1.82) is 0 Å². The van der Waals surface area contributed by atoms with E-state index < -0.39 is 42.3 Å². The molecule has 2 bridgehead atoms. The number of nitrogens with one attached hydrogen (secondary N) is 2. The molecule has 64 heavy (non-hydrogen) atoms. The molecule has 8 heterocycles. The second-order valence-corrected chi connectivity index (χ2v) is 17.5. The molecule has 4 aromatic heterocycles. The van der Waals surface area contributed by atoms with Crippen LogP contribution in [0.2, 0.25) is 0 Å². The fraction of sp³-hybridized carbons (Fsp3) is 0.523. The molecule has 17 nitrogen and oxygen atoms in total. The smallest absolute Gasteiger partial charge is 0.329 e. The molecule has 0 radical (unpaired) electrons. The molecule has 1 unspecified atom stereocenters. The van der Waals surface area contributed by atoms with Gasteiger partial charge >= 0.3 is 5.69 Å². The standard InChI is InChI=1S/C44H48F3N11O6/c1-53-39-26(4-2-6-33(39)58(44(53)62)34-11-12-37(59)51-43(34)61)5-3-17-63-35-13-15-54(22-31(35)45)20-25-7-9-27(10-8-25)57-23-32(38(52-57)40(46)47)49-42(60)30-19-48-56-16-14-36(50-41(30)56)55-21-29-18-28(55)24-64-29/h2,4,6,14,16,19,23,25,27-29,31,34-35,40H,7-13,15,17-18,20-22,24H2,1H3,(H,49,60)(H,51,59,61)/t25-,27-,28-,29-,31+,34?,35+/m1/s1. The summed E-state index contributed by atoms with van der Waals surface area (Å²) in [5.41, 5.74) is 1.21. The minimum atomic E-state index is -2.90. The number of piperidine rings is 2. The molecule has 1 saturated carbocycles. The summed E-state index contributed by atoms with van der Waals surface area (Å²) >= 11 is 0. The lowest BCUT2D eigenvalue weighted by Crippen LogP contribution is -2.47. The van der Waals surface area contributed by atoms with Crippen LogP contribution in [-0.2, 0) is 26.1 Å². The summed E-state index contributed by atoms with van der Waals surface area (Å²) in [5.74, 6) is 5.56. The zero-order chi connectivity index (χ0) is 44.2. The summed E-state index contributed by atoms with van der Waals surface area (Å²) in [4.78, 5) is 60.1. The average molecular weight is 884 g/mol. The maximum Gasteiger partial charge on any atom is 0.329 e. The first kappa shape index (κ1) is 41.9. The van der Waals surface area contributed by atoms with Crippen molar-refractivity contribution in [2.24, 2.45) is 13.0 Å². The van der Waals surface area contributed by atoms with Crippen molar-refractivity contribution in [1.82, 2.24) is 43.7 Å². The number of carbonyl (C=O) groups excluding carboxylic acids is 3. The lowest BCUT2D eigenvalue weighted by molar-refractivity contribution is -0.135. The van der Waals surface area contributed by atoms with E-state index in [0.717, 1.165) is 25.8 Å². The minimum absolute atomic E-state index is 0.00580. The third-order valence-corrected chi connectivity index (χ3v) is 13.5. The van der Waals surface area contributed by atoms with Gasteiger partial charge < -0.3 is 19.7 Å². The van der Waals surface area contributed by atoms with E-state index in [4.69, 9.17) is 14.5 Å². The second-order valence-electron chi connectivity index (χ2n) is 17.5. The fourth-order valence-electron chi connectivity index (χ4n) is 10.2. The maximum atomic E-state index is 15.5. The number of halogens is 3. The van der Waals surface area contributed by atoms with E-state index in [9.17, 15) is 28.0 Å². The van der Waals surface area contributed by atoms with Crippen molar-refractivity contribution in [3.05, 3.63) is 70.2 Å². The molecular formula is C44H48F3N11O6. The van der Waals surface area contributed by atoms with Crippen LogP contribution in [-0.4, -0.2) is 120 Å². The highest BCUT2D eigenvalue weighted by molar-refractivity contribution is 6.08. The van der Waals surface area contributed by atoms with Gasteiger partial charge in [0.2, 0.25) is 11.8 Å². The van der Waals surface area contributed by atoms with E-state index >= 15 is 4.39 Å². The number of ether oxygens (including phenoxy) is 2. The van der Waals surface area contributed by atoms with Crippen LogP contribution >= 0.6 is 0 Å². The van der Waals surface area contributed by atoms with Crippen LogP contribution in [0.25, 0.3) is 16.7 Å². The Morgan fingerprint density at radius 3 is 2.67 bits per heavy atom. The SMILES string of the molecule is Cn1c(=O)n(C2CCC(=O)NC2=O)c2cccc(C#CCO[C@H]3CCN(C[C@H]4CC[C@H](n5cc(NC(=O)c6cnn7ccc(N8C[C@H]9C[C@@H]8CO9)nc67)c(C(F)F)n5)CC4)C[C@@H]3F)c21. The highest BCUT2D eigenvalue weighted by atomic mass is 19.3. The zero-order valence-corrected chi connectivity index (χ0v) is 35.2. The van der Waals surface area contributed by atoms with Gasteiger partial charge in [-0.15, -0.1) is 0 Å². The van der Waals surface area contributed by atoms with E-state index in [1.54, 1.807) is 36.1 Å². The van der Waals surface area contributed by atoms with Crippen LogP contribution in [0.5, 0.6) is 0 Å². The van der Waals surface area contributed by atoms with Gasteiger partial charge in [0.05, 0.1) is 59.4 Å². The van der Waals surface area contributed by atoms with Gasteiger partial charge in [0.1, 0.15) is 30.2 Å². The van der Waals surface area contributed by atoms with E-state index in [-0.39, 0.29) is 67.0 Å². The normalized spacial score (nSPS) is 26.2. The first-order chi connectivity index (χ1) is 31.0. The molecule has 2 N–H and O–H groups in total. The number of likely N-dealkylation sites (tertiary alicyclic amines) is 1. The summed E-state index contributed by atoms with van der Waals surface area (Å²) in [6.07, 6.45) is 4.87. The minimum Gasteiger partial charge on any atom is -0.374 e. The third-order valence-electron chi connectivity index (χ3n) is 13.5. The number of alkyl halides is 3. The predicted molar refractivity (Wildman–Crippen MR) is 226 cm³/mol. The Kier molecular flexibility index (Phi) is 11.2. The van der Waals surface area contributed by atoms with Crippen molar-refractivity contribution >= 4 is 45.9 Å². The van der Waals surface area contributed by atoms with Crippen molar-refractivity contribution < 1.29 is 37.0 Å². The second kappa shape index (κ2) is 17.2. The lowest BCUT2D eigenvalue weighted by Gasteiger charge is -2.38. The summed E-state index contributed by atoms with van der Waals surface area (Å²) in [6, 6.07) is 6.40. The largest absolute Gasteiger partial charge is 0.374 e. The molecule has 5 aliphatic rings. The van der Waals surface area contributed by atoms with Crippen molar-refractivity contribution in [3.8, 4) is 11.8 Å². The molecule has 5 aromatic rings. The number of imide groups is 1. The highest BCUT2D eigenvalue weighted by Gasteiger charge is 2.40. The van der Waals surface area contributed by atoms with Crippen LogP contribution < -0.4 is 21.2 Å². The zero-order valence-electron chi connectivity index (χ0n) is 35.2. The van der Waals surface area contributed by atoms with Crippen LogP contribution in [0.4, 0.5) is 24.7 Å². The first-order valence-corrected chi connectivity index (χ1v) is 21.9. The van der Waals surface area contributed by atoms with Gasteiger partial charge in [0.15, 0.2) is 11.3 Å². The molecule has 4 aliphatic heterocycles. The van der Waals surface area contributed by atoms with Crippen LogP contribution in [0.15, 0.2) is 47.7 Å². The molecule has 1 aromatic carbocycles. The van der Waals surface area contributed by atoms with Gasteiger partial charge in [-0.1, -0.05) is 17.9 Å². The first-order valence-electron chi connectivity index (χ1n) is 21.9. The molecule has 5 fully saturated rings. The van der Waals surface area contributed by atoms with Crippen molar-refractivity contribution in [2.45, 2.75) is 94.3 Å². The van der Waals surface area contributed by atoms with Crippen LogP contribution in [0.1, 0.15) is 91.5 Å². The Labute approximate surface area is 364 Å². The number of anilines is 2. The summed E-state index contributed by atoms with van der Waals surface area (Å²) in [6.45, 7) is 2.94. The lowest BCUT2D eigenvalue weighted by atomic mass is 9.85. The molecule has 4 saturated heterocycles. The Balaban J connectivity index is 0.711. The molecule has 336 valence electrons. The van der Waals surface area contributed by atoms with Gasteiger partial charge in [-0.2, -0.15) is 10.2 Å². The van der Waals surface area contributed by atoms with Crippen LogP contribution in [0, 0.1) is 17.8 Å². The van der Waals surface area contributed by atoms with Gasteiger partial charge in [0, 0.05) is 52.0 Å². The summed E-state index contributed by atoms with van der Waals surface area (Å²) in [7, 11) is 1.61. The molecule has 10 rings (SSSR count). The number of nitrogens with zero attached hydrogens (tertiary/aromatic N) is 9. The van der Waals surface area contributed by atoms with Crippen LogP contribution in [0.3, 0.4) is 0 Å². The van der Waals surface area contributed by atoms with E-state index in [1.807, 2.05) is 6.07 Å². The molecule has 1 aliphatic carbocycles. The molecule has 20 heteroatoms. The highest BCUT2D eigenvalue weighted by Crippen LogP contribution is 2.37. The maximum absolute atomic E-state index is 15.5. The van der Waals surface area contributed by atoms with E-state index in [2.05, 4.69) is 42.5 Å². The average Bonchev–Trinajstić information content (AvgIpc) is 4.13. The van der Waals surface area contributed by atoms with Crippen molar-refractivity contribution in [3.63, 3.8) is 0 Å². The third kappa shape index (κ3) is 7.93. The Bertz CT molecular complexity index is 2750. The Hall–Kier alpha value is -6.04. The number of aryl methyl sites for hydroxylation is 1. The number of fused-ring (bicyclic) bond motifs is 4. The number of imidazole rings is 1. The molecule has 0 spiro atoms. The Morgan fingerprint density at radius 2 is 1.92 bits per heavy atom. The summed E-state index contributed by atoms with van der Waals surface area (Å²) < 4.78 is 61.5. The van der Waals surface area contributed by atoms with Gasteiger partial charge in [-0.05, 0) is 69.1 Å². The number of hydrogen-bond acceptors (Lipinski definition) is 11.